The third-order valence-electron chi connectivity index (χ3n) is 13.4. The largest absolute Gasteiger partial charge is 0.343 e. The van der Waals surface area contributed by atoms with Gasteiger partial charge in [-0.15, -0.1) is 0 Å². The first-order chi connectivity index (χ1) is 20.3. The van der Waals surface area contributed by atoms with Crippen molar-refractivity contribution in [3.05, 3.63) is 0 Å². The number of rotatable bonds is 17. The number of hydrogen-bond acceptors (Lipinski definition) is 5. The topological polar surface area (TPSA) is 87.6 Å². The summed E-state index contributed by atoms with van der Waals surface area (Å²) in [6.07, 6.45) is 19.4. The van der Waals surface area contributed by atoms with Crippen LogP contribution in [0, 0.1) is 40.4 Å². The van der Waals surface area contributed by atoms with Crippen molar-refractivity contribution in [2.45, 2.75) is 130 Å². The lowest BCUT2D eigenvalue weighted by Crippen LogP contribution is -2.55. The van der Waals surface area contributed by atoms with Crippen molar-refractivity contribution in [3.8, 4) is 0 Å². The van der Waals surface area contributed by atoms with Crippen LogP contribution in [-0.4, -0.2) is 74.1 Å². The maximum atomic E-state index is 12.6. The summed E-state index contributed by atoms with van der Waals surface area (Å²) in [6.45, 7) is 17.4. The maximum Gasteiger partial charge on any atom is 0.222 e. The maximum absolute atomic E-state index is 12.6. The standard InChI is InChI=1S/C36H69N5O/c1-5-41(6-2)34(42)12-7-11-28-14-16-32-31-15-13-29-27-30(17-19-36(29,4)33(31)18-20-35(28,32)3)39-23-10-26-40(24-8-21-37)25-9-22-38/h28-33,39H,5-27,37-38H2,1-4H3. The minimum atomic E-state index is 0.367. The molecule has 4 fully saturated rings. The quantitative estimate of drug-likeness (QED) is 0.181. The van der Waals surface area contributed by atoms with Gasteiger partial charge in [0.2, 0.25) is 5.91 Å². The zero-order chi connectivity index (χ0) is 30.2. The molecule has 5 N–H and O–H groups in total. The molecule has 0 heterocycles. The normalized spacial score (nSPS) is 36.0. The second kappa shape index (κ2) is 16.0. The van der Waals surface area contributed by atoms with E-state index in [0.29, 0.717) is 22.8 Å². The van der Waals surface area contributed by atoms with E-state index in [1.54, 1.807) is 0 Å². The minimum absolute atomic E-state index is 0.367. The van der Waals surface area contributed by atoms with Gasteiger partial charge in [0.1, 0.15) is 0 Å². The van der Waals surface area contributed by atoms with Crippen LogP contribution in [0.4, 0.5) is 0 Å². The lowest BCUT2D eigenvalue weighted by molar-refractivity contribution is -0.131. The molecule has 4 aliphatic rings. The second-order valence-electron chi connectivity index (χ2n) is 15.3. The predicted molar refractivity (Wildman–Crippen MR) is 177 cm³/mol. The summed E-state index contributed by atoms with van der Waals surface area (Å²) in [5.41, 5.74) is 12.6. The fraction of sp³-hybridized carbons (Fsp3) is 0.972. The number of hydrogen-bond donors (Lipinski definition) is 3. The minimum Gasteiger partial charge on any atom is -0.343 e. The van der Waals surface area contributed by atoms with E-state index in [-0.39, 0.29) is 0 Å². The molecule has 6 heteroatoms. The lowest BCUT2D eigenvalue weighted by atomic mass is 9.44. The Morgan fingerprint density at radius 2 is 1.48 bits per heavy atom. The Bertz CT molecular complexity index is 811. The second-order valence-corrected chi connectivity index (χ2v) is 15.3. The monoisotopic (exact) mass is 588 g/mol. The Hall–Kier alpha value is -0.690. The van der Waals surface area contributed by atoms with E-state index in [0.717, 1.165) is 108 Å². The Balaban J connectivity index is 1.24. The van der Waals surface area contributed by atoms with E-state index < -0.39 is 0 Å². The van der Waals surface area contributed by atoms with E-state index in [1.165, 1.54) is 70.6 Å². The van der Waals surface area contributed by atoms with Crippen LogP contribution < -0.4 is 16.8 Å². The molecular formula is C36H69N5O. The summed E-state index contributed by atoms with van der Waals surface area (Å²) in [4.78, 5) is 17.2. The Labute approximate surface area is 259 Å². The molecule has 42 heavy (non-hydrogen) atoms. The van der Waals surface area contributed by atoms with Crippen molar-refractivity contribution in [2.24, 2.45) is 51.9 Å². The number of fused-ring (bicyclic) bond motifs is 5. The van der Waals surface area contributed by atoms with E-state index in [2.05, 4.69) is 37.9 Å². The summed E-state index contributed by atoms with van der Waals surface area (Å²) in [7, 11) is 0. The number of carbonyl (C=O) groups excluding carboxylic acids is 1. The molecule has 8 unspecified atom stereocenters. The van der Waals surface area contributed by atoms with Gasteiger partial charge in [0.25, 0.3) is 0 Å². The van der Waals surface area contributed by atoms with Gasteiger partial charge in [-0.1, -0.05) is 13.8 Å². The fourth-order valence-corrected chi connectivity index (χ4v) is 10.8. The van der Waals surface area contributed by atoms with Crippen LogP contribution in [0.15, 0.2) is 0 Å². The van der Waals surface area contributed by atoms with Crippen LogP contribution in [0.1, 0.15) is 124 Å². The van der Waals surface area contributed by atoms with Crippen molar-refractivity contribution in [1.82, 2.24) is 15.1 Å². The summed E-state index contributed by atoms with van der Waals surface area (Å²) in [5, 5.41) is 4.00. The number of amides is 1. The van der Waals surface area contributed by atoms with Crippen LogP contribution in [-0.2, 0) is 4.79 Å². The molecule has 6 nitrogen and oxygen atoms in total. The van der Waals surface area contributed by atoms with Crippen molar-refractivity contribution >= 4 is 5.91 Å². The van der Waals surface area contributed by atoms with Crippen LogP contribution in [0.3, 0.4) is 0 Å². The Morgan fingerprint density at radius 1 is 0.810 bits per heavy atom. The van der Waals surface area contributed by atoms with Gasteiger partial charge in [-0.2, -0.15) is 0 Å². The molecule has 4 aliphatic carbocycles. The smallest absolute Gasteiger partial charge is 0.222 e. The van der Waals surface area contributed by atoms with Crippen molar-refractivity contribution in [2.75, 3.05) is 52.4 Å². The molecule has 4 saturated carbocycles. The molecular weight excluding hydrogens is 518 g/mol. The number of nitrogens with zero attached hydrogens (tertiary/aromatic N) is 2. The number of nitrogens with two attached hydrogens (primary N) is 2. The van der Waals surface area contributed by atoms with Gasteiger partial charge in [-0.05, 0) is 183 Å². The summed E-state index contributed by atoms with van der Waals surface area (Å²) in [6, 6.07) is 0.713. The predicted octanol–water partition coefficient (Wildman–Crippen LogP) is 6.03. The Morgan fingerprint density at radius 3 is 2.17 bits per heavy atom. The SMILES string of the molecule is CCN(CC)C(=O)CCCC1CCC2C3CCC4CC(NCCCN(CCCN)CCCN)CCC4(C)C3CCC12C. The molecule has 0 radical (unpaired) electrons. The lowest BCUT2D eigenvalue weighted by Gasteiger charge is -2.61. The van der Waals surface area contributed by atoms with Crippen molar-refractivity contribution in [3.63, 3.8) is 0 Å². The van der Waals surface area contributed by atoms with Gasteiger partial charge >= 0.3 is 0 Å². The first-order valence-electron chi connectivity index (χ1n) is 18.4. The van der Waals surface area contributed by atoms with E-state index in [1.807, 2.05) is 4.90 Å². The molecule has 0 saturated heterocycles. The molecule has 1 amide bonds. The zero-order valence-electron chi connectivity index (χ0n) is 28.2. The first-order valence-corrected chi connectivity index (χ1v) is 18.4. The molecule has 0 aromatic carbocycles. The van der Waals surface area contributed by atoms with Crippen LogP contribution in [0.5, 0.6) is 0 Å². The van der Waals surface area contributed by atoms with E-state index in [9.17, 15) is 4.79 Å². The van der Waals surface area contributed by atoms with Gasteiger partial charge in [0, 0.05) is 25.6 Å². The fourth-order valence-electron chi connectivity index (χ4n) is 10.8. The van der Waals surface area contributed by atoms with Crippen LogP contribution in [0.25, 0.3) is 0 Å². The average Bonchev–Trinajstić information content (AvgIpc) is 3.33. The molecule has 0 aromatic rings. The van der Waals surface area contributed by atoms with Gasteiger partial charge in [0.15, 0.2) is 0 Å². The molecule has 0 spiro atoms. The van der Waals surface area contributed by atoms with Crippen molar-refractivity contribution in [1.29, 1.82) is 0 Å². The van der Waals surface area contributed by atoms with Gasteiger partial charge in [-0.25, -0.2) is 0 Å². The van der Waals surface area contributed by atoms with Crippen LogP contribution in [0.2, 0.25) is 0 Å². The molecule has 244 valence electrons. The molecule has 0 aromatic heterocycles. The highest BCUT2D eigenvalue weighted by Gasteiger charge is 2.59. The van der Waals surface area contributed by atoms with Gasteiger partial charge < -0.3 is 26.6 Å². The molecule has 0 bridgehead atoms. The van der Waals surface area contributed by atoms with Crippen LogP contribution >= 0.6 is 0 Å². The van der Waals surface area contributed by atoms with E-state index in [4.69, 9.17) is 11.5 Å². The van der Waals surface area contributed by atoms with Gasteiger partial charge in [-0.3, -0.25) is 4.79 Å². The number of carbonyl (C=O) groups is 1. The van der Waals surface area contributed by atoms with Crippen molar-refractivity contribution < 1.29 is 4.79 Å². The average molecular weight is 588 g/mol. The third-order valence-corrected chi connectivity index (χ3v) is 13.4. The first kappa shape index (κ1) is 34.2. The Kier molecular flexibility index (Phi) is 13.1. The molecule has 0 aliphatic heterocycles. The summed E-state index contributed by atoms with van der Waals surface area (Å²) in [5.74, 6) is 4.92. The number of nitrogens with one attached hydrogen (secondary N) is 1. The summed E-state index contributed by atoms with van der Waals surface area (Å²) < 4.78 is 0. The highest BCUT2D eigenvalue weighted by Crippen LogP contribution is 2.67. The van der Waals surface area contributed by atoms with E-state index >= 15 is 0 Å². The molecule has 8 atom stereocenters. The highest BCUT2D eigenvalue weighted by molar-refractivity contribution is 5.76. The third kappa shape index (κ3) is 7.74. The van der Waals surface area contributed by atoms with Gasteiger partial charge in [0.05, 0.1) is 0 Å². The highest BCUT2D eigenvalue weighted by atomic mass is 16.2. The zero-order valence-corrected chi connectivity index (χ0v) is 28.2. The molecule has 4 rings (SSSR count). The summed E-state index contributed by atoms with van der Waals surface area (Å²) >= 11 is 0.